The Bertz CT molecular complexity index is 243. The number of hydrogen-bond donors (Lipinski definition) is 1. The number of nitrogens with two attached hydrogens (primary N) is 1. The molecular weight excluding hydrogens is 178 g/mol. The number of nitrogen functional groups attached to an aromatic ring is 1. The lowest BCUT2D eigenvalue weighted by Crippen LogP contribution is -1.93. The Morgan fingerprint density at radius 1 is 1.31 bits per heavy atom. The van der Waals surface area contributed by atoms with Gasteiger partial charge >= 0.3 is 0 Å². The Morgan fingerprint density at radius 2 is 1.92 bits per heavy atom. The van der Waals surface area contributed by atoms with Gasteiger partial charge in [-0.15, -0.1) is 0 Å². The van der Waals surface area contributed by atoms with Crippen LogP contribution in [0.25, 0.3) is 0 Å². The Kier molecular flexibility index (Phi) is 4.16. The van der Waals surface area contributed by atoms with Crippen molar-refractivity contribution in [3.05, 3.63) is 29.8 Å². The van der Waals surface area contributed by atoms with Crippen LogP contribution in [0.15, 0.2) is 24.3 Å². The zero-order valence-electron chi connectivity index (χ0n) is 8.29. The van der Waals surface area contributed by atoms with Crippen LogP contribution in [0.3, 0.4) is 0 Å². The van der Waals surface area contributed by atoms with Gasteiger partial charge in [-0.25, -0.2) is 0 Å². The maximum atomic E-state index is 5.60. The molecule has 0 aliphatic rings. The van der Waals surface area contributed by atoms with Gasteiger partial charge in [0.25, 0.3) is 0 Å². The summed E-state index contributed by atoms with van der Waals surface area (Å²) in [4.78, 5) is 0. The highest BCUT2D eigenvalue weighted by Gasteiger charge is 1.99. The van der Waals surface area contributed by atoms with Gasteiger partial charge in [0, 0.05) is 16.7 Å². The van der Waals surface area contributed by atoms with Crippen LogP contribution in [0.5, 0.6) is 0 Å². The van der Waals surface area contributed by atoms with Crippen LogP contribution in [0, 0.1) is 0 Å². The van der Waals surface area contributed by atoms with Gasteiger partial charge in [-0.1, -0.05) is 26.0 Å². The van der Waals surface area contributed by atoms with Crippen LogP contribution in [0.2, 0.25) is 0 Å². The monoisotopic (exact) mass is 195 g/mol. The van der Waals surface area contributed by atoms with Gasteiger partial charge in [-0.05, 0) is 24.1 Å². The lowest BCUT2D eigenvalue weighted by Gasteiger charge is -2.07. The normalized spacial score (nSPS) is 12.8. The molecule has 13 heavy (non-hydrogen) atoms. The van der Waals surface area contributed by atoms with Gasteiger partial charge in [-0.2, -0.15) is 11.8 Å². The van der Waals surface area contributed by atoms with E-state index in [0.29, 0.717) is 0 Å². The van der Waals surface area contributed by atoms with Crippen molar-refractivity contribution in [1.82, 2.24) is 0 Å². The van der Waals surface area contributed by atoms with Crippen molar-refractivity contribution in [2.24, 2.45) is 0 Å². The SMILES string of the molecule is CCC(C)SCc1ccc(N)cc1. The van der Waals surface area contributed by atoms with Gasteiger partial charge in [0.1, 0.15) is 0 Å². The molecule has 1 atom stereocenters. The summed E-state index contributed by atoms with van der Waals surface area (Å²) in [5.74, 6) is 1.09. The third kappa shape index (κ3) is 3.73. The number of rotatable bonds is 4. The molecule has 0 aliphatic carbocycles. The minimum atomic E-state index is 0.748. The Labute approximate surface area is 84.7 Å². The molecule has 0 heterocycles. The van der Waals surface area contributed by atoms with Crippen molar-refractivity contribution >= 4 is 17.4 Å². The lowest BCUT2D eigenvalue weighted by atomic mass is 10.2. The van der Waals surface area contributed by atoms with Crippen LogP contribution in [-0.2, 0) is 5.75 Å². The van der Waals surface area contributed by atoms with Gasteiger partial charge in [0.2, 0.25) is 0 Å². The summed E-state index contributed by atoms with van der Waals surface area (Å²) >= 11 is 1.99. The third-order valence-corrected chi connectivity index (χ3v) is 3.49. The van der Waals surface area contributed by atoms with Crippen LogP contribution in [-0.4, -0.2) is 5.25 Å². The van der Waals surface area contributed by atoms with Crippen molar-refractivity contribution in [2.45, 2.75) is 31.3 Å². The van der Waals surface area contributed by atoms with Crippen LogP contribution in [0.1, 0.15) is 25.8 Å². The summed E-state index contributed by atoms with van der Waals surface area (Å²) < 4.78 is 0. The first-order valence-electron chi connectivity index (χ1n) is 4.68. The quantitative estimate of drug-likeness (QED) is 0.746. The molecule has 0 saturated carbocycles. The Hall–Kier alpha value is -0.630. The fourth-order valence-corrected chi connectivity index (χ4v) is 1.88. The van der Waals surface area contributed by atoms with E-state index < -0.39 is 0 Å². The summed E-state index contributed by atoms with van der Waals surface area (Å²) in [7, 11) is 0. The molecule has 0 radical (unpaired) electrons. The second-order valence-electron chi connectivity index (χ2n) is 3.27. The first-order chi connectivity index (χ1) is 6.22. The number of thioether (sulfide) groups is 1. The molecule has 0 aliphatic heterocycles. The second-order valence-corrected chi connectivity index (χ2v) is 4.70. The van der Waals surface area contributed by atoms with Crippen LogP contribution < -0.4 is 5.73 Å². The van der Waals surface area contributed by atoms with E-state index in [9.17, 15) is 0 Å². The van der Waals surface area contributed by atoms with E-state index in [4.69, 9.17) is 5.73 Å². The predicted molar refractivity (Wildman–Crippen MR) is 61.9 cm³/mol. The molecule has 0 amide bonds. The third-order valence-electron chi connectivity index (χ3n) is 2.09. The topological polar surface area (TPSA) is 26.0 Å². The van der Waals surface area contributed by atoms with E-state index in [1.807, 2.05) is 23.9 Å². The molecule has 1 aromatic rings. The molecular formula is C11H17NS. The van der Waals surface area contributed by atoms with E-state index in [0.717, 1.165) is 16.7 Å². The molecule has 2 heteroatoms. The van der Waals surface area contributed by atoms with Crippen molar-refractivity contribution in [2.75, 3.05) is 5.73 Å². The largest absolute Gasteiger partial charge is 0.399 e. The van der Waals surface area contributed by atoms with Gasteiger partial charge in [0.15, 0.2) is 0 Å². The summed E-state index contributed by atoms with van der Waals surface area (Å²) in [6.07, 6.45) is 1.24. The molecule has 2 N–H and O–H groups in total. The van der Waals surface area contributed by atoms with Gasteiger partial charge < -0.3 is 5.73 Å². The summed E-state index contributed by atoms with van der Waals surface area (Å²) in [6.45, 7) is 4.49. The molecule has 0 fully saturated rings. The summed E-state index contributed by atoms with van der Waals surface area (Å²) in [6, 6.07) is 8.13. The Morgan fingerprint density at radius 3 is 2.46 bits per heavy atom. The zero-order valence-corrected chi connectivity index (χ0v) is 9.10. The highest BCUT2D eigenvalue weighted by atomic mass is 32.2. The fourth-order valence-electron chi connectivity index (χ4n) is 0.970. The molecule has 72 valence electrons. The molecule has 1 aromatic carbocycles. The number of benzene rings is 1. The van der Waals surface area contributed by atoms with Crippen molar-refractivity contribution < 1.29 is 0 Å². The first-order valence-corrected chi connectivity index (χ1v) is 5.73. The van der Waals surface area contributed by atoms with Crippen LogP contribution in [0.4, 0.5) is 5.69 Å². The van der Waals surface area contributed by atoms with Gasteiger partial charge in [-0.3, -0.25) is 0 Å². The maximum Gasteiger partial charge on any atom is 0.0314 e. The Balaban J connectivity index is 2.41. The van der Waals surface area contributed by atoms with E-state index >= 15 is 0 Å². The minimum Gasteiger partial charge on any atom is -0.399 e. The average molecular weight is 195 g/mol. The smallest absolute Gasteiger partial charge is 0.0314 e. The minimum absolute atomic E-state index is 0.748. The van der Waals surface area contributed by atoms with E-state index in [1.165, 1.54) is 12.0 Å². The zero-order chi connectivity index (χ0) is 9.68. The first kappa shape index (κ1) is 10.5. The lowest BCUT2D eigenvalue weighted by molar-refractivity contribution is 0.905. The van der Waals surface area contributed by atoms with Crippen molar-refractivity contribution in [3.63, 3.8) is 0 Å². The van der Waals surface area contributed by atoms with Crippen LogP contribution >= 0.6 is 11.8 Å². The van der Waals surface area contributed by atoms with Crippen molar-refractivity contribution in [1.29, 1.82) is 0 Å². The average Bonchev–Trinajstić information content (AvgIpc) is 2.16. The predicted octanol–water partition coefficient (Wildman–Crippen LogP) is 3.30. The molecule has 0 aromatic heterocycles. The molecule has 0 spiro atoms. The summed E-state index contributed by atoms with van der Waals surface area (Å²) in [5.41, 5.74) is 7.81. The standard InChI is InChI=1S/C11H17NS/c1-3-9(2)13-8-10-4-6-11(12)7-5-10/h4-7,9H,3,8,12H2,1-2H3. The van der Waals surface area contributed by atoms with E-state index in [-0.39, 0.29) is 0 Å². The highest BCUT2D eigenvalue weighted by molar-refractivity contribution is 7.99. The van der Waals surface area contributed by atoms with Crippen molar-refractivity contribution in [3.8, 4) is 0 Å². The maximum absolute atomic E-state index is 5.60. The second kappa shape index (κ2) is 5.18. The van der Waals surface area contributed by atoms with E-state index in [2.05, 4.69) is 26.0 Å². The van der Waals surface area contributed by atoms with Gasteiger partial charge in [0.05, 0.1) is 0 Å². The number of hydrogen-bond acceptors (Lipinski definition) is 2. The molecule has 0 bridgehead atoms. The molecule has 1 rings (SSSR count). The van der Waals surface area contributed by atoms with E-state index in [1.54, 1.807) is 0 Å². The molecule has 0 saturated heterocycles. The molecule has 1 nitrogen and oxygen atoms in total. The summed E-state index contributed by atoms with van der Waals surface area (Å²) in [5, 5.41) is 0.748. The molecule has 1 unspecified atom stereocenters. The highest BCUT2D eigenvalue weighted by Crippen LogP contribution is 2.20. The number of anilines is 1. The fraction of sp³-hybridized carbons (Fsp3) is 0.455.